The van der Waals surface area contributed by atoms with E-state index in [1.54, 1.807) is 91.0 Å². The zero-order valence-electron chi connectivity index (χ0n) is 21.8. The van der Waals surface area contributed by atoms with E-state index in [0.717, 1.165) is 10.8 Å². The van der Waals surface area contributed by atoms with Crippen molar-refractivity contribution < 1.29 is 33.4 Å². The van der Waals surface area contributed by atoms with Gasteiger partial charge in [-0.1, -0.05) is 18.2 Å². The van der Waals surface area contributed by atoms with E-state index in [4.69, 9.17) is 19.9 Å². The SMILES string of the molecule is CC(=O)c1ccc(OC(=O)c2ccc3cc(OC(=O)c4cccc(C(=O)Oc5ccc(N)cc5)c4)ccc3c2)cc1. The molecular formula is C33H23NO7. The summed E-state index contributed by atoms with van der Waals surface area (Å²) in [5.74, 6) is -0.963. The normalized spacial score (nSPS) is 10.6. The summed E-state index contributed by atoms with van der Waals surface area (Å²) < 4.78 is 16.3. The molecule has 5 rings (SSSR count). The van der Waals surface area contributed by atoms with Crippen LogP contribution in [0.25, 0.3) is 10.8 Å². The highest BCUT2D eigenvalue weighted by molar-refractivity contribution is 5.99. The molecule has 0 aliphatic rings. The Balaban J connectivity index is 1.25. The van der Waals surface area contributed by atoms with Crippen molar-refractivity contribution in [2.75, 3.05) is 5.73 Å². The molecule has 5 aromatic carbocycles. The maximum absolute atomic E-state index is 12.8. The molecule has 0 unspecified atom stereocenters. The third-order valence-electron chi connectivity index (χ3n) is 6.15. The maximum Gasteiger partial charge on any atom is 0.343 e. The fourth-order valence-electron chi connectivity index (χ4n) is 3.98. The molecule has 2 N–H and O–H groups in total. The molecule has 0 bridgehead atoms. The summed E-state index contributed by atoms with van der Waals surface area (Å²) in [6.07, 6.45) is 0. The van der Waals surface area contributed by atoms with Gasteiger partial charge in [-0.05, 0) is 109 Å². The lowest BCUT2D eigenvalue weighted by Crippen LogP contribution is -2.12. The summed E-state index contributed by atoms with van der Waals surface area (Å²) in [6, 6.07) is 28.7. The first-order valence-corrected chi connectivity index (χ1v) is 12.5. The Morgan fingerprint density at radius 2 is 0.927 bits per heavy atom. The van der Waals surface area contributed by atoms with Crippen LogP contribution < -0.4 is 19.9 Å². The number of Topliss-reactive ketones (excluding diaryl/α,β-unsaturated/α-hetero) is 1. The zero-order valence-corrected chi connectivity index (χ0v) is 21.8. The van der Waals surface area contributed by atoms with Crippen LogP contribution in [0.15, 0.2) is 109 Å². The molecule has 8 heteroatoms. The smallest absolute Gasteiger partial charge is 0.343 e. The number of esters is 3. The van der Waals surface area contributed by atoms with E-state index in [1.807, 2.05) is 0 Å². The lowest BCUT2D eigenvalue weighted by atomic mass is 10.1. The first-order valence-electron chi connectivity index (χ1n) is 12.5. The Labute approximate surface area is 234 Å². The minimum absolute atomic E-state index is 0.0777. The molecule has 0 atom stereocenters. The molecule has 0 aromatic heterocycles. The average molecular weight is 546 g/mol. The minimum atomic E-state index is -0.650. The average Bonchev–Trinajstić information content (AvgIpc) is 2.98. The number of hydrogen-bond donors (Lipinski definition) is 1. The molecule has 0 aliphatic heterocycles. The highest BCUT2D eigenvalue weighted by Crippen LogP contribution is 2.24. The summed E-state index contributed by atoms with van der Waals surface area (Å²) >= 11 is 0. The standard InChI is InChI=1S/C33H23NO7/c1-20(35)21-7-12-28(13-8-21)39-33(38)26-6-5-23-19-30(14-9-22(23)17-26)41-32(37)25-4-2-3-24(18-25)31(36)40-29-15-10-27(34)11-16-29/h2-19H,34H2,1H3. The molecular weight excluding hydrogens is 522 g/mol. The lowest BCUT2D eigenvalue weighted by molar-refractivity contribution is 0.0721. The summed E-state index contributed by atoms with van der Waals surface area (Å²) in [4.78, 5) is 49.4. The minimum Gasteiger partial charge on any atom is -0.423 e. The van der Waals surface area contributed by atoms with Crippen molar-refractivity contribution in [3.63, 3.8) is 0 Å². The molecule has 0 radical (unpaired) electrons. The molecule has 0 amide bonds. The lowest BCUT2D eigenvalue weighted by Gasteiger charge is -2.09. The molecule has 8 nitrogen and oxygen atoms in total. The van der Waals surface area contributed by atoms with Crippen molar-refractivity contribution in [1.29, 1.82) is 0 Å². The highest BCUT2D eigenvalue weighted by Gasteiger charge is 2.15. The zero-order chi connectivity index (χ0) is 28.9. The second kappa shape index (κ2) is 11.5. The Morgan fingerprint density at radius 3 is 1.51 bits per heavy atom. The number of carbonyl (C=O) groups is 4. The largest absolute Gasteiger partial charge is 0.423 e. The maximum atomic E-state index is 12.8. The number of anilines is 1. The van der Waals surface area contributed by atoms with Crippen LogP contribution >= 0.6 is 0 Å². The monoisotopic (exact) mass is 545 g/mol. The first kappa shape index (κ1) is 26.8. The molecule has 0 aliphatic carbocycles. The van der Waals surface area contributed by atoms with Crippen LogP contribution in [0.3, 0.4) is 0 Å². The fourth-order valence-corrected chi connectivity index (χ4v) is 3.98. The molecule has 202 valence electrons. The number of fused-ring (bicyclic) bond motifs is 1. The molecule has 0 saturated carbocycles. The Morgan fingerprint density at radius 1 is 0.488 bits per heavy atom. The number of carbonyl (C=O) groups excluding carboxylic acids is 4. The number of benzene rings is 5. The van der Waals surface area contributed by atoms with Crippen molar-refractivity contribution in [1.82, 2.24) is 0 Å². The molecule has 5 aromatic rings. The third-order valence-corrected chi connectivity index (χ3v) is 6.15. The van der Waals surface area contributed by atoms with E-state index in [0.29, 0.717) is 34.1 Å². The second-order valence-electron chi connectivity index (χ2n) is 9.12. The van der Waals surface area contributed by atoms with Gasteiger partial charge in [0, 0.05) is 11.3 Å². The van der Waals surface area contributed by atoms with Gasteiger partial charge in [0.1, 0.15) is 17.2 Å². The quantitative estimate of drug-likeness (QED) is 0.110. The van der Waals surface area contributed by atoms with Gasteiger partial charge in [-0.2, -0.15) is 0 Å². The van der Waals surface area contributed by atoms with Gasteiger partial charge in [-0.15, -0.1) is 0 Å². The summed E-state index contributed by atoms with van der Waals surface area (Å²) in [5, 5.41) is 1.47. The summed E-state index contributed by atoms with van der Waals surface area (Å²) in [6.45, 7) is 1.46. The number of nitrogen functional groups attached to an aromatic ring is 1. The van der Waals surface area contributed by atoms with Crippen molar-refractivity contribution >= 4 is 40.2 Å². The van der Waals surface area contributed by atoms with Crippen LogP contribution in [0.2, 0.25) is 0 Å². The molecule has 41 heavy (non-hydrogen) atoms. The van der Waals surface area contributed by atoms with E-state index >= 15 is 0 Å². The van der Waals surface area contributed by atoms with Gasteiger partial charge in [0.2, 0.25) is 0 Å². The van der Waals surface area contributed by atoms with E-state index in [9.17, 15) is 19.2 Å². The van der Waals surface area contributed by atoms with Crippen LogP contribution in [0.5, 0.6) is 17.2 Å². The highest BCUT2D eigenvalue weighted by atomic mass is 16.5. The van der Waals surface area contributed by atoms with Gasteiger partial charge in [-0.3, -0.25) is 4.79 Å². The van der Waals surface area contributed by atoms with Crippen molar-refractivity contribution in [3.8, 4) is 17.2 Å². The van der Waals surface area contributed by atoms with E-state index in [2.05, 4.69) is 0 Å². The van der Waals surface area contributed by atoms with Crippen molar-refractivity contribution in [2.24, 2.45) is 0 Å². The van der Waals surface area contributed by atoms with Gasteiger partial charge >= 0.3 is 17.9 Å². The second-order valence-corrected chi connectivity index (χ2v) is 9.12. The number of rotatable bonds is 7. The van der Waals surface area contributed by atoms with Crippen molar-refractivity contribution in [2.45, 2.75) is 6.92 Å². The van der Waals surface area contributed by atoms with Crippen molar-refractivity contribution in [3.05, 3.63) is 131 Å². The number of ether oxygens (including phenoxy) is 3. The Kier molecular flexibility index (Phi) is 7.56. The van der Waals surface area contributed by atoms with Gasteiger partial charge in [0.15, 0.2) is 5.78 Å². The van der Waals surface area contributed by atoms with E-state index in [-0.39, 0.29) is 16.9 Å². The van der Waals surface area contributed by atoms with Crippen LogP contribution in [-0.2, 0) is 0 Å². The van der Waals surface area contributed by atoms with E-state index in [1.165, 1.54) is 25.1 Å². The van der Waals surface area contributed by atoms with Gasteiger partial charge in [0.05, 0.1) is 16.7 Å². The number of nitrogens with two attached hydrogens (primary N) is 1. The Bertz CT molecular complexity index is 1790. The topological polar surface area (TPSA) is 122 Å². The molecule has 0 heterocycles. The molecule has 0 saturated heterocycles. The van der Waals surface area contributed by atoms with Gasteiger partial charge in [0.25, 0.3) is 0 Å². The predicted molar refractivity (Wildman–Crippen MR) is 153 cm³/mol. The van der Waals surface area contributed by atoms with E-state index < -0.39 is 17.9 Å². The fraction of sp³-hybridized carbons (Fsp3) is 0.0303. The van der Waals surface area contributed by atoms with Crippen LogP contribution in [0, 0.1) is 0 Å². The van der Waals surface area contributed by atoms with Crippen LogP contribution in [-0.4, -0.2) is 23.7 Å². The Hall–Kier alpha value is -5.76. The van der Waals surface area contributed by atoms with Crippen LogP contribution in [0.4, 0.5) is 5.69 Å². The molecule has 0 fully saturated rings. The summed E-state index contributed by atoms with van der Waals surface area (Å²) in [5.41, 5.74) is 7.41. The van der Waals surface area contributed by atoms with Gasteiger partial charge in [-0.25, -0.2) is 14.4 Å². The third kappa shape index (κ3) is 6.46. The number of hydrogen-bond acceptors (Lipinski definition) is 8. The molecule has 0 spiro atoms. The first-order chi connectivity index (χ1) is 19.7. The summed E-state index contributed by atoms with van der Waals surface area (Å²) in [7, 11) is 0. The predicted octanol–water partition coefficient (Wildman–Crippen LogP) is 6.28. The van der Waals surface area contributed by atoms with Crippen LogP contribution in [0.1, 0.15) is 48.4 Å². The number of ketones is 1. The van der Waals surface area contributed by atoms with Gasteiger partial charge < -0.3 is 19.9 Å².